The molecule has 3 amide bonds. The van der Waals surface area contributed by atoms with Gasteiger partial charge in [-0.2, -0.15) is 0 Å². The Labute approximate surface area is 195 Å². The molecule has 0 bridgehead atoms. The predicted octanol–water partition coefficient (Wildman–Crippen LogP) is 4.70. The summed E-state index contributed by atoms with van der Waals surface area (Å²) in [7, 11) is 0. The molecule has 0 fully saturated rings. The lowest BCUT2D eigenvalue weighted by Gasteiger charge is -2.37. The van der Waals surface area contributed by atoms with Crippen LogP contribution in [0, 0.1) is 13.8 Å². The maximum absolute atomic E-state index is 13.4. The fourth-order valence-corrected chi connectivity index (χ4v) is 5.05. The van der Waals surface area contributed by atoms with Crippen molar-refractivity contribution in [2.45, 2.75) is 59.5 Å². The van der Waals surface area contributed by atoms with E-state index in [1.165, 1.54) is 10.4 Å². The Balaban J connectivity index is 1.77. The Hall–Kier alpha value is -2.54. The minimum Gasteiger partial charge on any atom is -0.491 e. The van der Waals surface area contributed by atoms with E-state index in [1.807, 2.05) is 44.7 Å². The number of aryl methyl sites for hydroxylation is 2. The highest BCUT2D eigenvalue weighted by Gasteiger charge is 2.33. The Morgan fingerprint density at radius 3 is 2.75 bits per heavy atom. The van der Waals surface area contributed by atoms with Crippen LogP contribution in [-0.4, -0.2) is 54.0 Å². The average Bonchev–Trinajstić information content (AvgIpc) is 3.21. The van der Waals surface area contributed by atoms with Gasteiger partial charge in [0.2, 0.25) is 5.91 Å². The molecule has 7 heteroatoms. The van der Waals surface area contributed by atoms with Crippen LogP contribution in [0.15, 0.2) is 29.6 Å². The third-order valence-electron chi connectivity index (χ3n) is 5.66. The van der Waals surface area contributed by atoms with Gasteiger partial charge >= 0.3 is 6.03 Å². The zero-order valence-corrected chi connectivity index (χ0v) is 20.6. The number of ether oxygens (including phenoxy) is 1. The lowest BCUT2D eigenvalue weighted by molar-refractivity contribution is -0.135. The second-order valence-electron chi connectivity index (χ2n) is 8.76. The van der Waals surface area contributed by atoms with Crippen molar-refractivity contribution >= 4 is 23.3 Å². The van der Waals surface area contributed by atoms with Gasteiger partial charge in [0.1, 0.15) is 18.9 Å². The fourth-order valence-electron chi connectivity index (χ4n) is 4.12. The summed E-state index contributed by atoms with van der Waals surface area (Å²) in [4.78, 5) is 30.8. The number of thiophene rings is 1. The number of carbonyl (C=O) groups excluding carboxylic acids is 2. The van der Waals surface area contributed by atoms with Gasteiger partial charge in [-0.1, -0.05) is 24.6 Å². The van der Waals surface area contributed by atoms with Crippen molar-refractivity contribution in [3.8, 4) is 5.75 Å². The molecule has 0 spiro atoms. The highest BCUT2D eigenvalue weighted by atomic mass is 32.1. The van der Waals surface area contributed by atoms with E-state index < -0.39 is 0 Å². The van der Waals surface area contributed by atoms with Crippen LogP contribution in [0.4, 0.5) is 4.79 Å². The van der Waals surface area contributed by atoms with Crippen LogP contribution in [0.25, 0.3) is 0 Å². The average molecular weight is 458 g/mol. The van der Waals surface area contributed by atoms with Gasteiger partial charge < -0.3 is 19.9 Å². The summed E-state index contributed by atoms with van der Waals surface area (Å²) in [5, 5.41) is 4.99. The second-order valence-corrected chi connectivity index (χ2v) is 9.76. The molecule has 1 atom stereocenters. The van der Waals surface area contributed by atoms with E-state index in [0.717, 1.165) is 29.7 Å². The van der Waals surface area contributed by atoms with Crippen molar-refractivity contribution in [1.82, 2.24) is 15.1 Å². The Kier molecular flexibility index (Phi) is 8.18. The van der Waals surface area contributed by atoms with Crippen LogP contribution in [0.5, 0.6) is 5.75 Å². The molecular weight excluding hydrogens is 422 g/mol. The first-order chi connectivity index (χ1) is 15.3. The first kappa shape index (κ1) is 24.1. The molecule has 6 nitrogen and oxygen atoms in total. The number of carbonyl (C=O) groups is 2. The molecule has 1 N–H and O–H groups in total. The van der Waals surface area contributed by atoms with Crippen molar-refractivity contribution in [1.29, 1.82) is 0 Å². The van der Waals surface area contributed by atoms with E-state index in [9.17, 15) is 9.59 Å². The maximum atomic E-state index is 13.4. The van der Waals surface area contributed by atoms with Gasteiger partial charge in [0, 0.05) is 24.0 Å². The van der Waals surface area contributed by atoms with Crippen LogP contribution in [0.2, 0.25) is 0 Å². The van der Waals surface area contributed by atoms with E-state index in [2.05, 4.69) is 29.8 Å². The van der Waals surface area contributed by atoms with Crippen LogP contribution in [0.3, 0.4) is 0 Å². The van der Waals surface area contributed by atoms with Crippen molar-refractivity contribution in [2.75, 3.05) is 26.2 Å². The number of amides is 3. The SMILES string of the molecule is CCCN(CC(=O)N1CCc2sccc2C1COc1ccc(C)cc1C)C(=O)NC(C)C. The maximum Gasteiger partial charge on any atom is 0.318 e. The summed E-state index contributed by atoms with van der Waals surface area (Å²) in [6.07, 6.45) is 1.64. The second kappa shape index (κ2) is 10.9. The molecule has 0 saturated heterocycles. The summed E-state index contributed by atoms with van der Waals surface area (Å²) in [6, 6.07) is 7.92. The molecule has 1 aromatic carbocycles. The van der Waals surface area contributed by atoms with Crippen molar-refractivity contribution in [3.63, 3.8) is 0 Å². The predicted molar refractivity (Wildman–Crippen MR) is 129 cm³/mol. The van der Waals surface area contributed by atoms with Crippen molar-refractivity contribution in [3.05, 3.63) is 51.2 Å². The van der Waals surface area contributed by atoms with E-state index in [0.29, 0.717) is 19.7 Å². The van der Waals surface area contributed by atoms with E-state index in [4.69, 9.17) is 4.74 Å². The number of hydrogen-bond donors (Lipinski definition) is 1. The van der Waals surface area contributed by atoms with Gasteiger partial charge in [0.05, 0.1) is 6.04 Å². The Morgan fingerprint density at radius 2 is 2.06 bits per heavy atom. The topological polar surface area (TPSA) is 61.9 Å². The molecule has 0 aliphatic carbocycles. The molecule has 1 unspecified atom stereocenters. The summed E-state index contributed by atoms with van der Waals surface area (Å²) < 4.78 is 6.21. The molecule has 1 aliphatic heterocycles. The fraction of sp³-hybridized carbons (Fsp3) is 0.520. The first-order valence-electron chi connectivity index (χ1n) is 11.4. The van der Waals surface area contributed by atoms with Gasteiger partial charge in [-0.05, 0) is 69.2 Å². The van der Waals surface area contributed by atoms with Gasteiger partial charge in [-0.25, -0.2) is 4.79 Å². The smallest absolute Gasteiger partial charge is 0.318 e. The number of nitrogens with one attached hydrogen (secondary N) is 1. The van der Waals surface area contributed by atoms with Crippen LogP contribution < -0.4 is 10.1 Å². The minimum absolute atomic E-state index is 0.0270. The standard InChI is InChI=1S/C25H35N3O3S/c1-6-11-27(25(30)26-17(2)3)15-24(29)28-12-9-23-20(10-13-32-23)21(28)16-31-22-8-7-18(4)14-19(22)5/h7-8,10,13-14,17,21H,6,9,11-12,15-16H2,1-5H3,(H,26,30). The number of fused-ring (bicyclic) bond motifs is 1. The summed E-state index contributed by atoms with van der Waals surface area (Å²) >= 11 is 1.74. The Bertz CT molecular complexity index is 940. The van der Waals surface area contributed by atoms with Crippen molar-refractivity contribution < 1.29 is 14.3 Å². The largest absolute Gasteiger partial charge is 0.491 e. The van der Waals surface area contributed by atoms with Crippen LogP contribution in [-0.2, 0) is 11.2 Å². The molecule has 0 saturated carbocycles. The number of hydrogen-bond acceptors (Lipinski definition) is 4. The molecule has 0 radical (unpaired) electrons. The van der Waals surface area contributed by atoms with E-state index >= 15 is 0 Å². The summed E-state index contributed by atoms with van der Waals surface area (Å²) in [5.41, 5.74) is 3.44. The Morgan fingerprint density at radius 1 is 1.28 bits per heavy atom. The number of urea groups is 1. The van der Waals surface area contributed by atoms with Gasteiger partial charge in [0.15, 0.2) is 0 Å². The first-order valence-corrected chi connectivity index (χ1v) is 12.3. The molecule has 2 aromatic rings. The monoisotopic (exact) mass is 457 g/mol. The lowest BCUT2D eigenvalue weighted by Crippen LogP contribution is -2.50. The van der Waals surface area contributed by atoms with Gasteiger partial charge in [-0.3, -0.25) is 4.79 Å². The normalized spacial score (nSPS) is 15.4. The highest BCUT2D eigenvalue weighted by Crippen LogP contribution is 2.34. The lowest BCUT2D eigenvalue weighted by atomic mass is 10.00. The quantitative estimate of drug-likeness (QED) is 0.625. The molecule has 174 valence electrons. The van der Waals surface area contributed by atoms with E-state index in [-0.39, 0.29) is 30.6 Å². The molecule has 1 aliphatic rings. The zero-order chi connectivity index (χ0) is 23.3. The summed E-state index contributed by atoms with van der Waals surface area (Å²) in [6.45, 7) is 11.6. The van der Waals surface area contributed by atoms with Gasteiger partial charge in [0.25, 0.3) is 0 Å². The molecule has 3 rings (SSSR count). The number of nitrogens with zero attached hydrogens (tertiary/aromatic N) is 2. The molecule has 32 heavy (non-hydrogen) atoms. The summed E-state index contributed by atoms with van der Waals surface area (Å²) in [5.74, 6) is 0.803. The van der Waals surface area contributed by atoms with Crippen LogP contribution in [0.1, 0.15) is 54.8 Å². The van der Waals surface area contributed by atoms with Crippen molar-refractivity contribution in [2.24, 2.45) is 0 Å². The molecule has 1 aromatic heterocycles. The zero-order valence-electron chi connectivity index (χ0n) is 19.8. The van der Waals surface area contributed by atoms with Crippen LogP contribution >= 0.6 is 11.3 Å². The van der Waals surface area contributed by atoms with E-state index in [1.54, 1.807) is 16.2 Å². The minimum atomic E-state index is -0.188. The molecule has 2 heterocycles. The molecular formula is C25H35N3O3S. The third kappa shape index (κ3) is 5.82. The highest BCUT2D eigenvalue weighted by molar-refractivity contribution is 7.10. The number of rotatable bonds is 8. The van der Waals surface area contributed by atoms with Gasteiger partial charge in [-0.15, -0.1) is 11.3 Å². The number of benzene rings is 1. The third-order valence-corrected chi connectivity index (χ3v) is 6.66.